The molecule has 0 radical (unpaired) electrons. The number of fused-ring (bicyclic) bond motifs is 1. The maximum Gasteiger partial charge on any atom is 0.404 e. The zero-order valence-electron chi connectivity index (χ0n) is 7.86. The molecule has 5 heteroatoms. The monoisotopic (exact) mass is 228 g/mol. The van der Waals surface area contributed by atoms with Gasteiger partial charge in [0.05, 0.1) is 0 Å². The average molecular weight is 229 g/mol. The summed E-state index contributed by atoms with van der Waals surface area (Å²) >= 11 is 5.05. The lowest BCUT2D eigenvalue weighted by Gasteiger charge is -2.18. The van der Waals surface area contributed by atoms with Gasteiger partial charge in [-0.15, -0.1) is 0 Å². The molecule has 0 amide bonds. The van der Waals surface area contributed by atoms with Crippen LogP contribution in [0.1, 0.15) is 5.56 Å². The van der Waals surface area contributed by atoms with Gasteiger partial charge in [-0.3, -0.25) is 0 Å². The van der Waals surface area contributed by atoms with E-state index >= 15 is 0 Å². The predicted molar refractivity (Wildman–Crippen MR) is 53.5 cm³/mol. The molecule has 0 bridgehead atoms. The van der Waals surface area contributed by atoms with Gasteiger partial charge in [-0.2, -0.15) is 0 Å². The Bertz CT molecular complexity index is 378. The number of benzene rings is 1. The van der Waals surface area contributed by atoms with Gasteiger partial charge in [-0.25, -0.2) is 4.79 Å². The van der Waals surface area contributed by atoms with Crippen molar-refractivity contribution in [3.63, 3.8) is 0 Å². The van der Waals surface area contributed by atoms with Gasteiger partial charge >= 0.3 is 5.43 Å². The highest BCUT2D eigenvalue weighted by atomic mass is 35.5. The number of hydrogen-bond acceptors (Lipinski definition) is 4. The topological polar surface area (TPSA) is 44.8 Å². The van der Waals surface area contributed by atoms with Crippen molar-refractivity contribution in [1.29, 1.82) is 0 Å². The zero-order chi connectivity index (χ0) is 10.7. The Balaban J connectivity index is 2.10. The number of carbonyl (C=O) groups excluding carboxylic acids is 1. The van der Waals surface area contributed by atoms with E-state index in [1.54, 1.807) is 18.2 Å². The normalized spacial score (nSPS) is 13.4. The van der Waals surface area contributed by atoms with Crippen molar-refractivity contribution in [2.24, 2.45) is 0 Å². The lowest BCUT2D eigenvalue weighted by molar-refractivity contribution is 0.163. The van der Waals surface area contributed by atoms with Crippen LogP contribution < -0.4 is 9.47 Å². The van der Waals surface area contributed by atoms with E-state index in [0.717, 1.165) is 5.56 Å². The molecule has 1 aromatic rings. The van der Waals surface area contributed by atoms with Gasteiger partial charge in [0.2, 0.25) is 0 Å². The molecule has 1 aliphatic rings. The van der Waals surface area contributed by atoms with Crippen molar-refractivity contribution < 1.29 is 19.0 Å². The van der Waals surface area contributed by atoms with E-state index in [1.165, 1.54) is 0 Å². The van der Waals surface area contributed by atoms with Crippen LogP contribution in [0.25, 0.3) is 0 Å². The highest BCUT2D eigenvalue weighted by Crippen LogP contribution is 2.30. The fraction of sp³-hybridized carbons (Fsp3) is 0.300. The van der Waals surface area contributed by atoms with Crippen LogP contribution in [0.15, 0.2) is 18.2 Å². The second kappa shape index (κ2) is 4.40. The minimum Gasteiger partial charge on any atom is -0.486 e. The molecular weight excluding hydrogens is 220 g/mol. The maximum absolute atomic E-state index is 10.4. The molecule has 2 rings (SSSR count). The summed E-state index contributed by atoms with van der Waals surface area (Å²) in [5.41, 5.74) is -0.00172. The van der Waals surface area contributed by atoms with Crippen LogP contribution in [0.3, 0.4) is 0 Å². The summed E-state index contributed by atoms with van der Waals surface area (Å²) < 4.78 is 15.4. The number of hydrogen-bond donors (Lipinski definition) is 0. The third-order valence-electron chi connectivity index (χ3n) is 1.96. The van der Waals surface area contributed by atoms with Crippen molar-refractivity contribution in [3.8, 4) is 11.5 Å². The average Bonchev–Trinajstić information content (AvgIpc) is 2.26. The quantitative estimate of drug-likeness (QED) is 0.729. The molecule has 0 saturated heterocycles. The Kier molecular flexibility index (Phi) is 2.97. The Morgan fingerprint density at radius 1 is 1.33 bits per heavy atom. The van der Waals surface area contributed by atoms with Gasteiger partial charge < -0.3 is 14.2 Å². The van der Waals surface area contributed by atoms with E-state index in [0.29, 0.717) is 24.7 Å². The second-order valence-electron chi connectivity index (χ2n) is 3.00. The van der Waals surface area contributed by atoms with Gasteiger partial charge in [-0.05, 0) is 17.7 Å². The summed E-state index contributed by atoms with van der Waals surface area (Å²) in [6.45, 7) is 1.23. The molecule has 0 fully saturated rings. The van der Waals surface area contributed by atoms with Crippen LogP contribution in [0.5, 0.6) is 11.5 Å². The van der Waals surface area contributed by atoms with Crippen molar-refractivity contribution >= 4 is 17.0 Å². The molecule has 15 heavy (non-hydrogen) atoms. The molecule has 0 saturated carbocycles. The SMILES string of the molecule is O=C(Cl)OCc1ccc2c(c1)OCCO2. The molecule has 0 N–H and O–H groups in total. The van der Waals surface area contributed by atoms with Crippen molar-refractivity contribution in [2.45, 2.75) is 6.61 Å². The summed E-state index contributed by atoms with van der Waals surface area (Å²) in [4.78, 5) is 10.4. The summed E-state index contributed by atoms with van der Waals surface area (Å²) in [5, 5.41) is 0. The molecule has 0 aromatic heterocycles. The first-order chi connectivity index (χ1) is 7.25. The predicted octanol–water partition coefficient (Wildman–Crippen LogP) is 2.33. The van der Waals surface area contributed by atoms with Crippen LogP contribution in [0, 0.1) is 0 Å². The number of ether oxygens (including phenoxy) is 3. The number of halogens is 1. The summed E-state index contributed by atoms with van der Waals surface area (Å²) in [5.74, 6) is 1.38. The third kappa shape index (κ3) is 2.53. The smallest absolute Gasteiger partial charge is 0.404 e. The first kappa shape index (κ1) is 10.1. The summed E-state index contributed by atoms with van der Waals surface area (Å²) in [7, 11) is 0. The Labute approximate surface area is 91.7 Å². The van der Waals surface area contributed by atoms with Gasteiger partial charge in [0.1, 0.15) is 19.8 Å². The van der Waals surface area contributed by atoms with E-state index in [4.69, 9.17) is 21.1 Å². The molecule has 4 nitrogen and oxygen atoms in total. The largest absolute Gasteiger partial charge is 0.486 e. The second-order valence-corrected chi connectivity index (χ2v) is 3.31. The van der Waals surface area contributed by atoms with Crippen molar-refractivity contribution in [2.75, 3.05) is 13.2 Å². The van der Waals surface area contributed by atoms with E-state index in [9.17, 15) is 4.79 Å². The molecular formula is C10H9ClO4. The molecule has 0 unspecified atom stereocenters. The maximum atomic E-state index is 10.4. The van der Waals surface area contributed by atoms with Gasteiger partial charge in [0.25, 0.3) is 0 Å². The van der Waals surface area contributed by atoms with E-state index in [-0.39, 0.29) is 6.61 Å². The minimum absolute atomic E-state index is 0.138. The van der Waals surface area contributed by atoms with E-state index in [1.807, 2.05) is 0 Å². The lowest BCUT2D eigenvalue weighted by Crippen LogP contribution is -2.15. The number of rotatable bonds is 2. The Morgan fingerprint density at radius 2 is 2.07 bits per heavy atom. The zero-order valence-corrected chi connectivity index (χ0v) is 8.62. The highest BCUT2D eigenvalue weighted by molar-refractivity contribution is 6.61. The first-order valence-corrected chi connectivity index (χ1v) is 4.84. The van der Waals surface area contributed by atoms with Crippen LogP contribution in [-0.4, -0.2) is 18.6 Å². The van der Waals surface area contributed by atoms with E-state index < -0.39 is 5.43 Å². The molecule has 0 atom stereocenters. The van der Waals surface area contributed by atoms with Crippen LogP contribution in [-0.2, 0) is 11.3 Å². The highest BCUT2D eigenvalue weighted by Gasteiger charge is 2.11. The summed E-state index contributed by atoms with van der Waals surface area (Å²) in [6, 6.07) is 5.35. The minimum atomic E-state index is -0.815. The van der Waals surface area contributed by atoms with Gasteiger partial charge in [0.15, 0.2) is 11.5 Å². The van der Waals surface area contributed by atoms with Gasteiger partial charge in [-0.1, -0.05) is 6.07 Å². The molecule has 0 aliphatic carbocycles. The molecule has 80 valence electrons. The molecule has 1 heterocycles. The van der Waals surface area contributed by atoms with Crippen LogP contribution in [0.4, 0.5) is 4.79 Å². The van der Waals surface area contributed by atoms with Gasteiger partial charge in [0, 0.05) is 11.6 Å². The lowest BCUT2D eigenvalue weighted by atomic mass is 10.2. The number of carbonyl (C=O) groups is 1. The van der Waals surface area contributed by atoms with Crippen molar-refractivity contribution in [1.82, 2.24) is 0 Å². The van der Waals surface area contributed by atoms with Crippen LogP contribution >= 0.6 is 11.6 Å². The Morgan fingerprint density at radius 3 is 2.80 bits per heavy atom. The molecule has 1 aliphatic heterocycles. The first-order valence-electron chi connectivity index (χ1n) is 4.46. The standard InChI is InChI=1S/C10H9ClO4/c11-10(12)15-6-7-1-2-8-9(5-7)14-4-3-13-8/h1-2,5H,3-4,6H2. The summed E-state index contributed by atoms with van der Waals surface area (Å²) in [6.07, 6.45) is 0. The molecule has 1 aromatic carbocycles. The fourth-order valence-electron chi connectivity index (χ4n) is 1.32. The van der Waals surface area contributed by atoms with E-state index in [2.05, 4.69) is 4.74 Å². The molecule has 0 spiro atoms. The van der Waals surface area contributed by atoms with Crippen molar-refractivity contribution in [3.05, 3.63) is 23.8 Å². The third-order valence-corrected chi connectivity index (χ3v) is 2.07. The van der Waals surface area contributed by atoms with Crippen LogP contribution in [0.2, 0.25) is 0 Å². The fourth-order valence-corrected chi connectivity index (χ4v) is 1.37. The Hall–Kier alpha value is -1.42.